The van der Waals surface area contributed by atoms with E-state index in [1.54, 1.807) is 11.3 Å². The molecule has 0 aromatic carbocycles. The van der Waals surface area contributed by atoms with Gasteiger partial charge in [-0.15, -0.1) is 11.3 Å². The third kappa shape index (κ3) is 2.38. The van der Waals surface area contributed by atoms with Gasteiger partial charge >= 0.3 is 0 Å². The minimum Gasteiger partial charge on any atom is -0.333 e. The molecule has 3 rings (SSSR count). The van der Waals surface area contributed by atoms with E-state index in [-0.39, 0.29) is 5.54 Å². The highest BCUT2D eigenvalue weighted by Crippen LogP contribution is 2.38. The maximum atomic E-state index is 6.23. The van der Waals surface area contributed by atoms with Gasteiger partial charge in [-0.05, 0) is 32.1 Å². The van der Waals surface area contributed by atoms with E-state index >= 15 is 0 Å². The Hall–Kier alpha value is -1.27. The molecule has 1 aliphatic carbocycles. The van der Waals surface area contributed by atoms with Crippen molar-refractivity contribution in [3.05, 3.63) is 16.5 Å². The fourth-order valence-corrected chi connectivity index (χ4v) is 3.58. The Balaban J connectivity index is 1.87. The fourth-order valence-electron chi connectivity index (χ4n) is 2.39. The van der Waals surface area contributed by atoms with Crippen LogP contribution in [0.15, 0.2) is 4.52 Å². The molecule has 1 aliphatic rings. The zero-order valence-electron chi connectivity index (χ0n) is 12.1. The molecule has 0 atom stereocenters. The van der Waals surface area contributed by atoms with Crippen molar-refractivity contribution in [2.45, 2.75) is 52.0 Å². The lowest BCUT2D eigenvalue weighted by atomic mass is 9.77. The van der Waals surface area contributed by atoms with E-state index in [4.69, 9.17) is 10.3 Å². The second-order valence-electron chi connectivity index (χ2n) is 6.05. The number of aromatic nitrogens is 3. The van der Waals surface area contributed by atoms with Crippen LogP contribution in [0.1, 0.15) is 49.6 Å². The molecule has 6 heteroatoms. The van der Waals surface area contributed by atoms with Crippen LogP contribution in [-0.4, -0.2) is 15.1 Å². The molecule has 0 unspecified atom stereocenters. The Kier molecular flexibility index (Phi) is 3.38. The lowest BCUT2D eigenvalue weighted by Crippen LogP contribution is -2.44. The predicted molar refractivity (Wildman–Crippen MR) is 78.4 cm³/mol. The highest BCUT2D eigenvalue weighted by molar-refractivity contribution is 7.15. The van der Waals surface area contributed by atoms with Crippen LogP contribution in [0.5, 0.6) is 0 Å². The average Bonchev–Trinajstić information content (AvgIpc) is 2.92. The smallest absolute Gasteiger partial charge is 0.269 e. The van der Waals surface area contributed by atoms with Gasteiger partial charge < -0.3 is 10.3 Å². The number of nitrogens with zero attached hydrogens (tertiary/aromatic N) is 3. The molecule has 0 radical (unpaired) electrons. The Bertz CT molecular complexity index is 612. The zero-order chi connectivity index (χ0) is 14.3. The lowest BCUT2D eigenvalue weighted by Gasteiger charge is -2.34. The maximum absolute atomic E-state index is 6.23. The molecule has 5 nitrogen and oxygen atoms in total. The first-order valence-corrected chi connectivity index (χ1v) is 7.89. The third-order valence-electron chi connectivity index (χ3n) is 3.74. The van der Waals surface area contributed by atoms with Crippen LogP contribution in [0.3, 0.4) is 0 Å². The van der Waals surface area contributed by atoms with Gasteiger partial charge in [-0.25, -0.2) is 4.98 Å². The van der Waals surface area contributed by atoms with Gasteiger partial charge in [-0.2, -0.15) is 4.98 Å². The Morgan fingerprint density at radius 2 is 2.10 bits per heavy atom. The first-order chi connectivity index (χ1) is 9.48. The molecule has 2 aromatic rings. The maximum Gasteiger partial charge on any atom is 0.269 e. The Morgan fingerprint density at radius 1 is 1.35 bits per heavy atom. The molecule has 0 bridgehead atoms. The summed E-state index contributed by atoms with van der Waals surface area (Å²) in [7, 11) is 0. The van der Waals surface area contributed by atoms with Gasteiger partial charge in [0, 0.05) is 6.42 Å². The van der Waals surface area contributed by atoms with Gasteiger partial charge in [0.1, 0.15) is 4.88 Å². The number of thiazole rings is 1. The fraction of sp³-hybridized carbons (Fsp3) is 0.643. The first-order valence-electron chi connectivity index (χ1n) is 7.08. The normalized spacial score (nSPS) is 17.4. The summed E-state index contributed by atoms with van der Waals surface area (Å²) >= 11 is 1.64. The van der Waals surface area contributed by atoms with E-state index < -0.39 is 0 Å². The molecule has 1 fully saturated rings. The van der Waals surface area contributed by atoms with E-state index in [2.05, 4.69) is 29.0 Å². The van der Waals surface area contributed by atoms with E-state index in [0.717, 1.165) is 41.3 Å². The summed E-state index contributed by atoms with van der Waals surface area (Å²) in [6.45, 7) is 6.37. The molecular formula is C14H20N4OS. The van der Waals surface area contributed by atoms with Crippen LogP contribution >= 0.6 is 11.3 Å². The largest absolute Gasteiger partial charge is 0.333 e. The number of rotatable bonds is 4. The molecule has 20 heavy (non-hydrogen) atoms. The van der Waals surface area contributed by atoms with Gasteiger partial charge in [0.05, 0.1) is 16.2 Å². The average molecular weight is 292 g/mol. The van der Waals surface area contributed by atoms with Gasteiger partial charge in [-0.3, -0.25) is 0 Å². The minimum absolute atomic E-state index is 0.374. The summed E-state index contributed by atoms with van der Waals surface area (Å²) in [5.41, 5.74) is 6.81. The van der Waals surface area contributed by atoms with Crippen molar-refractivity contribution in [3.8, 4) is 10.8 Å². The van der Waals surface area contributed by atoms with Crippen molar-refractivity contribution in [2.75, 3.05) is 0 Å². The van der Waals surface area contributed by atoms with Gasteiger partial charge in [0.15, 0.2) is 5.82 Å². The second-order valence-corrected chi connectivity index (χ2v) is 7.14. The lowest BCUT2D eigenvalue weighted by molar-refractivity contribution is 0.229. The predicted octanol–water partition coefficient (Wildman–Crippen LogP) is 3.04. The highest BCUT2D eigenvalue weighted by Gasteiger charge is 2.39. The molecule has 0 aliphatic heterocycles. The van der Waals surface area contributed by atoms with Gasteiger partial charge in [0.2, 0.25) is 0 Å². The molecule has 1 saturated carbocycles. The summed E-state index contributed by atoms with van der Waals surface area (Å²) in [4.78, 5) is 10.1. The molecular weight excluding hydrogens is 272 g/mol. The van der Waals surface area contributed by atoms with Crippen molar-refractivity contribution < 1.29 is 4.52 Å². The van der Waals surface area contributed by atoms with Crippen molar-refractivity contribution in [1.82, 2.24) is 15.1 Å². The van der Waals surface area contributed by atoms with Gasteiger partial charge in [0.25, 0.3) is 5.89 Å². The van der Waals surface area contributed by atoms with E-state index in [9.17, 15) is 0 Å². The molecule has 0 saturated heterocycles. The number of hydrogen-bond acceptors (Lipinski definition) is 6. The monoisotopic (exact) mass is 292 g/mol. The first kappa shape index (κ1) is 13.7. The topological polar surface area (TPSA) is 77.8 Å². The second kappa shape index (κ2) is 4.93. The van der Waals surface area contributed by atoms with Crippen LogP contribution in [-0.2, 0) is 12.0 Å². The Morgan fingerprint density at radius 3 is 2.70 bits per heavy atom. The summed E-state index contributed by atoms with van der Waals surface area (Å²) in [6.07, 6.45) is 3.99. The van der Waals surface area contributed by atoms with Crippen LogP contribution in [0.2, 0.25) is 0 Å². The van der Waals surface area contributed by atoms with E-state index in [1.165, 1.54) is 0 Å². The van der Waals surface area contributed by atoms with Gasteiger partial charge in [-0.1, -0.05) is 19.0 Å². The highest BCUT2D eigenvalue weighted by atomic mass is 32.1. The molecule has 2 heterocycles. The Labute approximate surface area is 122 Å². The standard InChI is InChI=1S/C14H20N4OS/c1-8(2)7-10-16-9(3)11(20-10)12-17-13(18-19-12)14(15)5-4-6-14/h8H,4-7,15H2,1-3H3. The number of hydrogen-bond donors (Lipinski definition) is 1. The van der Waals surface area contributed by atoms with Crippen LogP contribution in [0.4, 0.5) is 0 Å². The molecule has 0 amide bonds. The minimum atomic E-state index is -0.374. The number of aryl methyl sites for hydroxylation is 1. The van der Waals surface area contributed by atoms with Crippen molar-refractivity contribution >= 4 is 11.3 Å². The zero-order valence-corrected chi connectivity index (χ0v) is 13.0. The SMILES string of the molecule is Cc1nc(CC(C)C)sc1-c1nc(C2(N)CCC2)no1. The van der Waals surface area contributed by atoms with Crippen molar-refractivity contribution in [3.63, 3.8) is 0 Å². The van der Waals surface area contributed by atoms with E-state index in [0.29, 0.717) is 17.6 Å². The molecule has 2 N–H and O–H groups in total. The van der Waals surface area contributed by atoms with Crippen molar-refractivity contribution in [2.24, 2.45) is 11.7 Å². The quantitative estimate of drug-likeness (QED) is 0.937. The summed E-state index contributed by atoms with van der Waals surface area (Å²) < 4.78 is 5.40. The molecule has 0 spiro atoms. The summed E-state index contributed by atoms with van der Waals surface area (Å²) in [5.74, 6) is 1.78. The van der Waals surface area contributed by atoms with Crippen LogP contribution in [0, 0.1) is 12.8 Å². The van der Waals surface area contributed by atoms with Crippen molar-refractivity contribution in [1.29, 1.82) is 0 Å². The molecule has 108 valence electrons. The molecule has 2 aromatic heterocycles. The summed E-state index contributed by atoms with van der Waals surface area (Å²) in [5, 5.41) is 5.19. The van der Waals surface area contributed by atoms with Crippen LogP contribution < -0.4 is 5.73 Å². The number of nitrogens with two attached hydrogens (primary N) is 1. The van der Waals surface area contributed by atoms with E-state index in [1.807, 2.05) is 6.92 Å². The summed E-state index contributed by atoms with van der Waals surface area (Å²) in [6, 6.07) is 0. The third-order valence-corrected chi connectivity index (χ3v) is 4.90. The van der Waals surface area contributed by atoms with Crippen LogP contribution in [0.25, 0.3) is 10.8 Å².